The fourth-order valence-corrected chi connectivity index (χ4v) is 5.88. The van der Waals surface area contributed by atoms with Crippen LogP contribution in [0.4, 0.5) is 0 Å². The zero-order chi connectivity index (χ0) is 29.2. The fourth-order valence-electron chi connectivity index (χ4n) is 5.88. The van der Waals surface area contributed by atoms with Gasteiger partial charge in [-0.1, -0.05) is 66.7 Å². The second-order valence-electron chi connectivity index (χ2n) is 10.8. The SMILES string of the molecule is COc1ccccc1-n1c(C(C)N2CCN(C(=O)c3ccc(-c4ccccc4)cc3)C(C)C2)nc2ccccc2c1=O. The number of piperazine rings is 1. The van der Waals surface area contributed by atoms with Gasteiger partial charge in [-0.2, -0.15) is 0 Å². The summed E-state index contributed by atoms with van der Waals surface area (Å²) in [7, 11) is 1.61. The molecule has 2 atom stereocenters. The van der Waals surface area contributed by atoms with E-state index in [9.17, 15) is 9.59 Å². The molecule has 1 aromatic heterocycles. The minimum absolute atomic E-state index is 0.0191. The van der Waals surface area contributed by atoms with Crippen molar-refractivity contribution in [2.45, 2.75) is 25.9 Å². The van der Waals surface area contributed by atoms with Crippen molar-refractivity contribution in [3.63, 3.8) is 0 Å². The van der Waals surface area contributed by atoms with Gasteiger partial charge < -0.3 is 9.64 Å². The van der Waals surface area contributed by atoms with E-state index in [0.29, 0.717) is 53.4 Å². The molecule has 7 nitrogen and oxygen atoms in total. The van der Waals surface area contributed by atoms with E-state index in [1.807, 2.05) is 95.9 Å². The van der Waals surface area contributed by atoms with Crippen LogP contribution in [0.3, 0.4) is 0 Å². The summed E-state index contributed by atoms with van der Waals surface area (Å²) in [5, 5.41) is 0.557. The highest BCUT2D eigenvalue weighted by Crippen LogP contribution is 2.29. The van der Waals surface area contributed by atoms with Gasteiger partial charge >= 0.3 is 0 Å². The third-order valence-electron chi connectivity index (χ3n) is 8.21. The summed E-state index contributed by atoms with van der Waals surface area (Å²) >= 11 is 0. The Morgan fingerprint density at radius 3 is 2.26 bits per heavy atom. The van der Waals surface area contributed by atoms with E-state index in [2.05, 4.69) is 30.9 Å². The van der Waals surface area contributed by atoms with Gasteiger partial charge in [-0.05, 0) is 61.4 Å². The summed E-state index contributed by atoms with van der Waals surface area (Å²) < 4.78 is 7.32. The van der Waals surface area contributed by atoms with Crippen LogP contribution in [0.15, 0.2) is 108 Å². The molecule has 0 N–H and O–H groups in total. The van der Waals surface area contributed by atoms with Crippen molar-refractivity contribution in [1.29, 1.82) is 0 Å². The van der Waals surface area contributed by atoms with E-state index in [4.69, 9.17) is 9.72 Å². The summed E-state index contributed by atoms with van der Waals surface area (Å²) in [5.41, 5.74) is 4.09. The first-order chi connectivity index (χ1) is 20.5. The van der Waals surface area contributed by atoms with E-state index in [0.717, 1.165) is 11.1 Å². The summed E-state index contributed by atoms with van der Waals surface area (Å²) in [5.74, 6) is 1.28. The molecule has 1 saturated heterocycles. The van der Waals surface area contributed by atoms with Gasteiger partial charge in [-0.25, -0.2) is 4.98 Å². The normalized spacial score (nSPS) is 16.4. The Morgan fingerprint density at radius 1 is 0.857 bits per heavy atom. The van der Waals surface area contributed by atoms with Crippen LogP contribution in [0, 0.1) is 0 Å². The van der Waals surface area contributed by atoms with Crippen molar-refractivity contribution in [2.75, 3.05) is 26.7 Å². The zero-order valence-electron chi connectivity index (χ0n) is 24.1. The molecule has 7 heteroatoms. The number of aromatic nitrogens is 2. The predicted molar refractivity (Wildman–Crippen MR) is 166 cm³/mol. The maximum absolute atomic E-state index is 13.9. The van der Waals surface area contributed by atoms with Crippen molar-refractivity contribution in [1.82, 2.24) is 19.4 Å². The van der Waals surface area contributed by atoms with E-state index in [1.165, 1.54) is 0 Å². The monoisotopic (exact) mass is 558 g/mol. The van der Waals surface area contributed by atoms with Crippen LogP contribution in [-0.4, -0.2) is 58.0 Å². The van der Waals surface area contributed by atoms with Gasteiger partial charge in [-0.15, -0.1) is 0 Å². The van der Waals surface area contributed by atoms with Crippen LogP contribution in [0.2, 0.25) is 0 Å². The molecule has 42 heavy (non-hydrogen) atoms. The Bertz CT molecular complexity index is 1780. The lowest BCUT2D eigenvalue weighted by Gasteiger charge is -2.42. The Labute approximate surface area is 245 Å². The van der Waals surface area contributed by atoms with E-state index >= 15 is 0 Å². The van der Waals surface area contributed by atoms with E-state index < -0.39 is 0 Å². The number of para-hydroxylation sites is 3. The lowest BCUT2D eigenvalue weighted by molar-refractivity contribution is 0.0394. The second-order valence-corrected chi connectivity index (χ2v) is 10.8. The summed E-state index contributed by atoms with van der Waals surface area (Å²) in [6, 6.07) is 32.8. The first kappa shape index (κ1) is 27.4. The zero-order valence-corrected chi connectivity index (χ0v) is 24.1. The Morgan fingerprint density at radius 2 is 1.52 bits per heavy atom. The number of nitrogens with zero attached hydrogens (tertiary/aromatic N) is 4. The Kier molecular flexibility index (Phi) is 7.59. The largest absolute Gasteiger partial charge is 0.495 e. The second kappa shape index (κ2) is 11.6. The number of benzene rings is 4. The van der Waals surface area contributed by atoms with Crippen LogP contribution in [0.1, 0.15) is 36.1 Å². The van der Waals surface area contributed by atoms with Crippen LogP contribution in [0.5, 0.6) is 5.75 Å². The third kappa shape index (κ3) is 5.08. The number of carbonyl (C=O) groups excluding carboxylic acids is 1. The molecular weight excluding hydrogens is 524 g/mol. The average Bonchev–Trinajstić information content (AvgIpc) is 3.04. The number of rotatable bonds is 6. The minimum atomic E-state index is -0.183. The standard InChI is InChI=1S/C35H34N4O3/c1-24-23-37(21-22-38(24)34(40)28-19-17-27(18-20-28)26-11-5-4-6-12-26)25(2)33-36-30-14-8-7-13-29(30)35(41)39(33)31-15-9-10-16-32(31)42-3/h4-20,24-25H,21-23H2,1-3H3. The van der Waals surface area contributed by atoms with Crippen molar-refractivity contribution in [2.24, 2.45) is 0 Å². The highest BCUT2D eigenvalue weighted by molar-refractivity contribution is 5.95. The molecule has 5 aromatic rings. The number of methoxy groups -OCH3 is 1. The number of fused-ring (bicyclic) bond motifs is 1. The molecular formula is C35H34N4O3. The highest BCUT2D eigenvalue weighted by atomic mass is 16.5. The minimum Gasteiger partial charge on any atom is -0.495 e. The number of ether oxygens (including phenoxy) is 1. The lowest BCUT2D eigenvalue weighted by atomic mass is 10.0. The van der Waals surface area contributed by atoms with Crippen molar-refractivity contribution < 1.29 is 9.53 Å². The van der Waals surface area contributed by atoms with Crippen LogP contribution < -0.4 is 10.3 Å². The molecule has 6 rings (SSSR count). The summed E-state index contributed by atoms with van der Waals surface area (Å²) in [6.45, 7) is 6.06. The molecule has 0 bridgehead atoms. The van der Waals surface area contributed by atoms with Crippen LogP contribution in [0.25, 0.3) is 27.7 Å². The van der Waals surface area contributed by atoms with Crippen molar-refractivity contribution in [3.8, 4) is 22.6 Å². The maximum atomic E-state index is 13.9. The maximum Gasteiger partial charge on any atom is 0.266 e. The molecule has 1 fully saturated rings. The van der Waals surface area contributed by atoms with Crippen molar-refractivity contribution >= 4 is 16.8 Å². The number of hydrogen-bond acceptors (Lipinski definition) is 5. The molecule has 1 amide bonds. The summed E-state index contributed by atoms with van der Waals surface area (Å²) in [6.07, 6.45) is 0. The van der Waals surface area contributed by atoms with Gasteiger partial charge in [0.25, 0.3) is 11.5 Å². The van der Waals surface area contributed by atoms with Crippen LogP contribution >= 0.6 is 0 Å². The Hall–Kier alpha value is -4.75. The van der Waals surface area contributed by atoms with Crippen LogP contribution in [-0.2, 0) is 0 Å². The third-order valence-corrected chi connectivity index (χ3v) is 8.21. The molecule has 4 aromatic carbocycles. The topological polar surface area (TPSA) is 67.7 Å². The smallest absolute Gasteiger partial charge is 0.266 e. The average molecular weight is 559 g/mol. The number of carbonyl (C=O) groups is 1. The van der Waals surface area contributed by atoms with Gasteiger partial charge in [0.2, 0.25) is 0 Å². The van der Waals surface area contributed by atoms with E-state index in [-0.39, 0.29) is 23.6 Å². The molecule has 2 heterocycles. The summed E-state index contributed by atoms with van der Waals surface area (Å²) in [4.78, 5) is 36.7. The van der Waals surface area contributed by atoms with Gasteiger partial charge in [0.05, 0.1) is 29.7 Å². The molecule has 0 spiro atoms. The molecule has 0 radical (unpaired) electrons. The van der Waals surface area contributed by atoms with Gasteiger partial charge in [0.1, 0.15) is 11.6 Å². The lowest BCUT2D eigenvalue weighted by Crippen LogP contribution is -2.54. The molecule has 0 saturated carbocycles. The molecule has 1 aliphatic rings. The number of amides is 1. The fraction of sp³-hybridized carbons (Fsp3) is 0.229. The molecule has 1 aliphatic heterocycles. The predicted octanol–water partition coefficient (Wildman–Crippen LogP) is 5.97. The Balaban J connectivity index is 1.27. The van der Waals surface area contributed by atoms with E-state index in [1.54, 1.807) is 11.7 Å². The first-order valence-electron chi connectivity index (χ1n) is 14.3. The van der Waals surface area contributed by atoms with Gasteiger partial charge in [0.15, 0.2) is 0 Å². The van der Waals surface area contributed by atoms with Crippen molar-refractivity contribution in [3.05, 3.63) is 125 Å². The first-order valence-corrected chi connectivity index (χ1v) is 14.3. The number of hydrogen-bond donors (Lipinski definition) is 0. The molecule has 2 unspecified atom stereocenters. The molecule has 212 valence electrons. The van der Waals surface area contributed by atoms with Gasteiger partial charge in [0, 0.05) is 31.2 Å². The molecule has 0 aliphatic carbocycles. The quantitative estimate of drug-likeness (QED) is 0.257. The van der Waals surface area contributed by atoms with Gasteiger partial charge in [-0.3, -0.25) is 19.1 Å². The highest BCUT2D eigenvalue weighted by Gasteiger charge is 2.33.